The van der Waals surface area contributed by atoms with Gasteiger partial charge in [0.05, 0.1) is 5.56 Å². The molecule has 224 valence electrons. The topological polar surface area (TPSA) is 59.3 Å². The number of ketones is 1. The van der Waals surface area contributed by atoms with Gasteiger partial charge in [-0.1, -0.05) is 87.5 Å². The first kappa shape index (κ1) is 29.8. The molecule has 1 aromatic heterocycles. The van der Waals surface area contributed by atoms with Crippen molar-refractivity contribution < 1.29 is 18.4 Å². The Morgan fingerprint density at radius 3 is 2.09 bits per heavy atom. The van der Waals surface area contributed by atoms with Crippen molar-refractivity contribution in [2.24, 2.45) is 5.92 Å². The summed E-state index contributed by atoms with van der Waals surface area (Å²) in [6.45, 7) is 6.50. The molecule has 5 heteroatoms. The average molecular weight is 596 g/mol. The predicted octanol–water partition coefficient (Wildman–Crippen LogP) is 10.2. The molecule has 0 aliphatic heterocycles. The van der Waals surface area contributed by atoms with Crippen LogP contribution in [0.3, 0.4) is 0 Å². The monoisotopic (exact) mass is 595 g/mol. The van der Waals surface area contributed by atoms with Crippen molar-refractivity contribution in [3.05, 3.63) is 132 Å². The SMILES string of the molecule is CCC(=O)c1c(-c2ccc(F)cc2)oc2ccc(-c3ccc(-c4cccc(-c5ccccc5)c4)c(C(=O)NCC(C)C)c3)cc12. The zero-order valence-electron chi connectivity index (χ0n) is 25.6. The van der Waals surface area contributed by atoms with Gasteiger partial charge >= 0.3 is 0 Å². The number of benzene rings is 5. The zero-order valence-corrected chi connectivity index (χ0v) is 25.6. The minimum Gasteiger partial charge on any atom is -0.455 e. The molecule has 0 saturated carbocycles. The van der Waals surface area contributed by atoms with Crippen LogP contribution in [0.5, 0.6) is 0 Å². The lowest BCUT2D eigenvalue weighted by molar-refractivity contribution is 0.0948. The molecular formula is C40H34FNO3. The lowest BCUT2D eigenvalue weighted by Crippen LogP contribution is -2.27. The first-order valence-corrected chi connectivity index (χ1v) is 15.3. The molecule has 0 aliphatic carbocycles. The Morgan fingerprint density at radius 1 is 0.711 bits per heavy atom. The fraction of sp³-hybridized carbons (Fsp3) is 0.150. The van der Waals surface area contributed by atoms with Crippen molar-refractivity contribution >= 4 is 22.7 Å². The first-order chi connectivity index (χ1) is 21.8. The maximum Gasteiger partial charge on any atom is 0.251 e. The normalized spacial score (nSPS) is 11.2. The third-order valence-electron chi connectivity index (χ3n) is 7.94. The van der Waals surface area contributed by atoms with Crippen molar-refractivity contribution in [1.29, 1.82) is 0 Å². The van der Waals surface area contributed by atoms with Gasteiger partial charge in [0.2, 0.25) is 0 Å². The Balaban J connectivity index is 1.47. The van der Waals surface area contributed by atoms with E-state index < -0.39 is 0 Å². The number of hydrogen-bond acceptors (Lipinski definition) is 3. The summed E-state index contributed by atoms with van der Waals surface area (Å²) in [7, 11) is 0. The first-order valence-electron chi connectivity index (χ1n) is 15.3. The molecule has 6 rings (SSSR count). The van der Waals surface area contributed by atoms with Crippen molar-refractivity contribution in [2.45, 2.75) is 27.2 Å². The third kappa shape index (κ3) is 6.20. The Kier molecular flexibility index (Phi) is 8.43. The van der Waals surface area contributed by atoms with E-state index in [2.05, 4.69) is 43.4 Å². The quantitative estimate of drug-likeness (QED) is 0.169. The molecule has 0 fully saturated rings. The Bertz CT molecular complexity index is 2010. The number of fused-ring (bicyclic) bond motifs is 1. The van der Waals surface area contributed by atoms with Crippen molar-refractivity contribution in [1.82, 2.24) is 5.32 Å². The molecule has 0 saturated heterocycles. The van der Waals surface area contributed by atoms with Crippen LogP contribution in [0.4, 0.5) is 4.39 Å². The van der Waals surface area contributed by atoms with Crippen LogP contribution < -0.4 is 5.32 Å². The summed E-state index contributed by atoms with van der Waals surface area (Å²) in [5.41, 5.74) is 7.90. The van der Waals surface area contributed by atoms with Gasteiger partial charge in [0.25, 0.3) is 5.91 Å². The highest BCUT2D eigenvalue weighted by molar-refractivity contribution is 6.13. The lowest BCUT2D eigenvalue weighted by Gasteiger charge is -2.15. The van der Waals surface area contributed by atoms with Gasteiger partial charge in [-0.2, -0.15) is 0 Å². The number of halogens is 1. The fourth-order valence-electron chi connectivity index (χ4n) is 5.59. The van der Waals surface area contributed by atoms with Crippen molar-refractivity contribution in [3.8, 4) is 44.7 Å². The highest BCUT2D eigenvalue weighted by Gasteiger charge is 2.22. The van der Waals surface area contributed by atoms with Crippen LogP contribution >= 0.6 is 0 Å². The molecule has 1 N–H and O–H groups in total. The second-order valence-electron chi connectivity index (χ2n) is 11.6. The molecule has 45 heavy (non-hydrogen) atoms. The van der Waals surface area contributed by atoms with Crippen LogP contribution in [0.2, 0.25) is 0 Å². The van der Waals surface area contributed by atoms with Crippen LogP contribution in [0.25, 0.3) is 55.7 Å². The number of rotatable bonds is 9. The van der Waals surface area contributed by atoms with Gasteiger partial charge in [-0.15, -0.1) is 0 Å². The van der Waals surface area contributed by atoms with Crippen LogP contribution in [0.1, 0.15) is 47.9 Å². The summed E-state index contributed by atoms with van der Waals surface area (Å²) in [6, 6.07) is 36.0. The number of nitrogens with one attached hydrogen (secondary N) is 1. The summed E-state index contributed by atoms with van der Waals surface area (Å²) in [5.74, 6) is 0.166. The minimum atomic E-state index is -0.357. The molecule has 6 aromatic rings. The van der Waals surface area contributed by atoms with E-state index in [1.165, 1.54) is 12.1 Å². The van der Waals surface area contributed by atoms with Gasteiger partial charge in [0, 0.05) is 29.5 Å². The van der Waals surface area contributed by atoms with E-state index in [0.29, 0.717) is 52.3 Å². The summed E-state index contributed by atoms with van der Waals surface area (Å²) < 4.78 is 19.8. The van der Waals surface area contributed by atoms with E-state index in [1.54, 1.807) is 12.1 Å². The van der Waals surface area contributed by atoms with Crippen molar-refractivity contribution in [2.75, 3.05) is 6.54 Å². The average Bonchev–Trinajstić information content (AvgIpc) is 3.46. The highest BCUT2D eigenvalue weighted by Crippen LogP contribution is 2.38. The van der Waals surface area contributed by atoms with Crippen LogP contribution in [-0.2, 0) is 0 Å². The number of furan rings is 1. The summed E-state index contributed by atoms with van der Waals surface area (Å²) >= 11 is 0. The molecule has 4 nitrogen and oxygen atoms in total. The van der Waals surface area contributed by atoms with E-state index in [4.69, 9.17) is 4.42 Å². The molecule has 0 radical (unpaired) electrons. The van der Waals surface area contributed by atoms with E-state index in [-0.39, 0.29) is 17.5 Å². The Hall–Kier alpha value is -5.29. The van der Waals surface area contributed by atoms with Gasteiger partial charge in [-0.25, -0.2) is 4.39 Å². The van der Waals surface area contributed by atoms with E-state index >= 15 is 0 Å². The summed E-state index contributed by atoms with van der Waals surface area (Å²) in [6.07, 6.45) is 0.296. The number of amides is 1. The maximum atomic E-state index is 13.7. The molecule has 1 heterocycles. The number of hydrogen-bond donors (Lipinski definition) is 1. The van der Waals surface area contributed by atoms with Gasteiger partial charge < -0.3 is 9.73 Å². The molecule has 0 aliphatic rings. The molecular weight excluding hydrogens is 561 g/mol. The van der Waals surface area contributed by atoms with Crippen LogP contribution in [-0.4, -0.2) is 18.2 Å². The maximum absolute atomic E-state index is 13.7. The van der Waals surface area contributed by atoms with Gasteiger partial charge in [-0.05, 0) is 87.8 Å². The summed E-state index contributed by atoms with van der Waals surface area (Å²) in [4.78, 5) is 26.9. The number of Topliss-reactive ketones (excluding diaryl/α,β-unsaturated/α-hetero) is 1. The molecule has 0 atom stereocenters. The molecule has 0 spiro atoms. The smallest absolute Gasteiger partial charge is 0.251 e. The molecule has 0 unspecified atom stereocenters. The van der Waals surface area contributed by atoms with E-state index in [9.17, 15) is 14.0 Å². The Labute approximate surface area is 262 Å². The fourth-order valence-corrected chi connectivity index (χ4v) is 5.59. The van der Waals surface area contributed by atoms with Gasteiger partial charge in [0.15, 0.2) is 5.78 Å². The number of carbonyl (C=O) groups is 2. The second kappa shape index (κ2) is 12.7. The molecule has 1 amide bonds. The molecule has 0 bridgehead atoms. The largest absolute Gasteiger partial charge is 0.455 e. The van der Waals surface area contributed by atoms with Crippen LogP contribution in [0.15, 0.2) is 120 Å². The summed E-state index contributed by atoms with van der Waals surface area (Å²) in [5, 5.41) is 3.78. The number of carbonyl (C=O) groups excluding carboxylic acids is 2. The minimum absolute atomic E-state index is 0.0624. The predicted molar refractivity (Wildman–Crippen MR) is 180 cm³/mol. The third-order valence-corrected chi connectivity index (χ3v) is 7.94. The lowest BCUT2D eigenvalue weighted by atomic mass is 9.92. The standard InChI is InChI=1S/C40H34FNO3/c1-4-36(43)38-35-23-30(16-20-37(35)45-39(38)27-13-17-32(41)18-14-27)29-15-19-33(34(22-29)40(44)42-24-25(2)3)31-12-8-11-28(21-31)26-9-6-5-7-10-26/h5-23,25H,4,24H2,1-3H3,(H,42,44). The van der Waals surface area contributed by atoms with Gasteiger partial charge in [0.1, 0.15) is 17.2 Å². The molecule has 5 aromatic carbocycles. The Morgan fingerprint density at radius 2 is 1.36 bits per heavy atom. The van der Waals surface area contributed by atoms with Gasteiger partial charge in [-0.3, -0.25) is 9.59 Å². The van der Waals surface area contributed by atoms with E-state index in [0.717, 1.165) is 33.4 Å². The van der Waals surface area contributed by atoms with Crippen molar-refractivity contribution in [3.63, 3.8) is 0 Å². The highest BCUT2D eigenvalue weighted by atomic mass is 19.1. The second-order valence-corrected chi connectivity index (χ2v) is 11.6. The van der Waals surface area contributed by atoms with Crippen LogP contribution in [0, 0.1) is 11.7 Å². The van der Waals surface area contributed by atoms with E-state index in [1.807, 2.05) is 73.7 Å². The zero-order chi connectivity index (χ0) is 31.5.